The number of piperidine rings is 1. The zero-order valence-corrected chi connectivity index (χ0v) is 11.9. The molecular formula is C15H24N2O2. The first-order valence-electron chi connectivity index (χ1n) is 7.20. The van der Waals surface area contributed by atoms with Crippen LogP contribution in [-0.2, 0) is 0 Å². The van der Waals surface area contributed by atoms with Crippen LogP contribution in [0.2, 0.25) is 0 Å². The molecule has 0 spiro atoms. The minimum absolute atomic E-state index is 0.511. The molecule has 2 rings (SSSR count). The van der Waals surface area contributed by atoms with Crippen molar-refractivity contribution in [1.29, 1.82) is 0 Å². The molecule has 0 atom stereocenters. The fourth-order valence-corrected chi connectivity index (χ4v) is 2.35. The van der Waals surface area contributed by atoms with E-state index in [4.69, 9.17) is 9.47 Å². The highest BCUT2D eigenvalue weighted by molar-refractivity contribution is 5.60. The fourth-order valence-electron chi connectivity index (χ4n) is 2.35. The van der Waals surface area contributed by atoms with Crippen LogP contribution < -0.4 is 20.1 Å². The molecule has 0 amide bonds. The standard InChI is InChI=1S/C15H24N2O2/c1-3-18-13-5-6-15(19-4-2)14(11-13)17-12-7-9-16-10-8-12/h5-6,11-12,16-17H,3-4,7-10H2,1-2H3. The van der Waals surface area contributed by atoms with Gasteiger partial charge in [0.1, 0.15) is 11.5 Å². The molecule has 1 aliphatic rings. The molecule has 0 unspecified atom stereocenters. The van der Waals surface area contributed by atoms with E-state index < -0.39 is 0 Å². The number of hydrogen-bond acceptors (Lipinski definition) is 4. The van der Waals surface area contributed by atoms with Crippen LogP contribution in [0, 0.1) is 0 Å². The normalized spacial score (nSPS) is 16.1. The third kappa shape index (κ3) is 4.03. The summed E-state index contributed by atoms with van der Waals surface area (Å²) in [5.74, 6) is 1.80. The van der Waals surface area contributed by atoms with Crippen molar-refractivity contribution in [3.05, 3.63) is 18.2 Å². The summed E-state index contributed by atoms with van der Waals surface area (Å²) in [6.45, 7) is 7.51. The van der Waals surface area contributed by atoms with Crippen molar-refractivity contribution in [1.82, 2.24) is 5.32 Å². The second-order valence-corrected chi connectivity index (χ2v) is 4.69. The van der Waals surface area contributed by atoms with Crippen LogP contribution in [-0.4, -0.2) is 32.3 Å². The van der Waals surface area contributed by atoms with Gasteiger partial charge in [-0.3, -0.25) is 0 Å². The monoisotopic (exact) mass is 264 g/mol. The van der Waals surface area contributed by atoms with Crippen molar-refractivity contribution >= 4 is 5.69 Å². The maximum absolute atomic E-state index is 5.68. The molecule has 4 heteroatoms. The van der Waals surface area contributed by atoms with Crippen LogP contribution in [0.25, 0.3) is 0 Å². The molecule has 1 aromatic carbocycles. The molecule has 1 heterocycles. The summed E-state index contributed by atoms with van der Waals surface area (Å²) in [6.07, 6.45) is 2.29. The first-order valence-corrected chi connectivity index (χ1v) is 7.20. The van der Waals surface area contributed by atoms with E-state index in [1.807, 2.05) is 32.0 Å². The van der Waals surface area contributed by atoms with Gasteiger partial charge < -0.3 is 20.1 Å². The Morgan fingerprint density at radius 3 is 2.58 bits per heavy atom. The Labute approximate surface area is 115 Å². The molecule has 0 aliphatic carbocycles. The molecule has 0 aromatic heterocycles. The van der Waals surface area contributed by atoms with Crippen molar-refractivity contribution in [2.45, 2.75) is 32.7 Å². The van der Waals surface area contributed by atoms with Gasteiger partial charge in [-0.2, -0.15) is 0 Å². The first-order chi connectivity index (χ1) is 9.33. The summed E-state index contributed by atoms with van der Waals surface area (Å²) in [5.41, 5.74) is 1.04. The quantitative estimate of drug-likeness (QED) is 0.829. The molecule has 1 fully saturated rings. The Bertz CT molecular complexity index is 390. The summed E-state index contributed by atoms with van der Waals surface area (Å²) in [7, 11) is 0. The van der Waals surface area contributed by atoms with Gasteiger partial charge in [-0.15, -0.1) is 0 Å². The number of ether oxygens (including phenoxy) is 2. The molecule has 0 bridgehead atoms. The topological polar surface area (TPSA) is 42.5 Å². The van der Waals surface area contributed by atoms with Gasteiger partial charge in [-0.1, -0.05) is 0 Å². The van der Waals surface area contributed by atoms with Crippen LogP contribution in [0.1, 0.15) is 26.7 Å². The highest BCUT2D eigenvalue weighted by Gasteiger charge is 2.15. The van der Waals surface area contributed by atoms with Crippen molar-refractivity contribution < 1.29 is 9.47 Å². The van der Waals surface area contributed by atoms with Crippen LogP contribution >= 0.6 is 0 Å². The van der Waals surface area contributed by atoms with E-state index >= 15 is 0 Å². The third-order valence-electron chi connectivity index (χ3n) is 3.26. The molecule has 0 radical (unpaired) electrons. The highest BCUT2D eigenvalue weighted by atomic mass is 16.5. The molecule has 1 aromatic rings. The minimum Gasteiger partial charge on any atom is -0.494 e. The van der Waals surface area contributed by atoms with Gasteiger partial charge in [0.2, 0.25) is 0 Å². The van der Waals surface area contributed by atoms with E-state index in [9.17, 15) is 0 Å². The molecule has 0 saturated carbocycles. The predicted molar refractivity (Wildman–Crippen MR) is 78.3 cm³/mol. The average Bonchev–Trinajstić information content (AvgIpc) is 2.43. The largest absolute Gasteiger partial charge is 0.494 e. The first kappa shape index (κ1) is 14.0. The summed E-state index contributed by atoms with van der Waals surface area (Å²) < 4.78 is 11.2. The average molecular weight is 264 g/mol. The van der Waals surface area contributed by atoms with E-state index in [1.165, 1.54) is 0 Å². The number of nitrogens with one attached hydrogen (secondary N) is 2. The second-order valence-electron chi connectivity index (χ2n) is 4.69. The Kier molecular flexibility index (Phi) is 5.33. The maximum atomic E-state index is 5.68. The molecule has 19 heavy (non-hydrogen) atoms. The van der Waals surface area contributed by atoms with E-state index in [0.29, 0.717) is 19.3 Å². The van der Waals surface area contributed by atoms with E-state index in [-0.39, 0.29) is 0 Å². The van der Waals surface area contributed by atoms with E-state index in [2.05, 4.69) is 10.6 Å². The summed E-state index contributed by atoms with van der Waals surface area (Å²) in [5, 5.41) is 6.96. The molecule has 2 N–H and O–H groups in total. The lowest BCUT2D eigenvalue weighted by molar-refractivity contribution is 0.331. The van der Waals surface area contributed by atoms with Crippen molar-refractivity contribution in [2.75, 3.05) is 31.6 Å². The van der Waals surface area contributed by atoms with E-state index in [1.54, 1.807) is 0 Å². The molecule has 4 nitrogen and oxygen atoms in total. The van der Waals surface area contributed by atoms with E-state index in [0.717, 1.165) is 43.1 Å². The molecule has 1 saturated heterocycles. The SMILES string of the molecule is CCOc1ccc(OCC)c(NC2CCNCC2)c1. The summed E-state index contributed by atoms with van der Waals surface area (Å²) in [6, 6.07) is 6.49. The molecular weight excluding hydrogens is 240 g/mol. The zero-order valence-electron chi connectivity index (χ0n) is 11.9. The lowest BCUT2D eigenvalue weighted by atomic mass is 10.1. The van der Waals surface area contributed by atoms with Gasteiger partial charge >= 0.3 is 0 Å². The van der Waals surface area contributed by atoms with Gasteiger partial charge in [0.05, 0.1) is 18.9 Å². The minimum atomic E-state index is 0.511. The van der Waals surface area contributed by atoms with Crippen LogP contribution in [0.4, 0.5) is 5.69 Å². The van der Waals surface area contributed by atoms with Crippen LogP contribution in [0.5, 0.6) is 11.5 Å². The number of rotatable bonds is 6. The van der Waals surface area contributed by atoms with Gasteiger partial charge in [0.25, 0.3) is 0 Å². The van der Waals surface area contributed by atoms with Crippen molar-refractivity contribution in [2.24, 2.45) is 0 Å². The smallest absolute Gasteiger partial charge is 0.142 e. The van der Waals surface area contributed by atoms with Gasteiger partial charge in [-0.05, 0) is 51.9 Å². The van der Waals surface area contributed by atoms with Gasteiger partial charge in [-0.25, -0.2) is 0 Å². The highest BCUT2D eigenvalue weighted by Crippen LogP contribution is 2.30. The molecule has 1 aliphatic heterocycles. The Morgan fingerprint density at radius 2 is 1.89 bits per heavy atom. The second kappa shape index (κ2) is 7.24. The Balaban J connectivity index is 2.11. The van der Waals surface area contributed by atoms with Gasteiger partial charge in [0.15, 0.2) is 0 Å². The lowest BCUT2D eigenvalue weighted by Gasteiger charge is -2.26. The van der Waals surface area contributed by atoms with Crippen molar-refractivity contribution in [3.63, 3.8) is 0 Å². The van der Waals surface area contributed by atoms with Crippen molar-refractivity contribution in [3.8, 4) is 11.5 Å². The zero-order chi connectivity index (χ0) is 13.5. The third-order valence-corrected chi connectivity index (χ3v) is 3.26. The van der Waals surface area contributed by atoms with Crippen LogP contribution in [0.15, 0.2) is 18.2 Å². The lowest BCUT2D eigenvalue weighted by Crippen LogP contribution is -2.35. The Hall–Kier alpha value is -1.42. The summed E-state index contributed by atoms with van der Waals surface area (Å²) in [4.78, 5) is 0. The summed E-state index contributed by atoms with van der Waals surface area (Å²) >= 11 is 0. The molecule has 106 valence electrons. The van der Waals surface area contributed by atoms with Gasteiger partial charge in [0, 0.05) is 12.1 Å². The number of anilines is 1. The van der Waals surface area contributed by atoms with Crippen LogP contribution in [0.3, 0.4) is 0 Å². The predicted octanol–water partition coefficient (Wildman–Crippen LogP) is 2.65. The number of hydrogen-bond donors (Lipinski definition) is 2. The Morgan fingerprint density at radius 1 is 1.16 bits per heavy atom. The fraction of sp³-hybridized carbons (Fsp3) is 0.600. The number of benzene rings is 1. The maximum Gasteiger partial charge on any atom is 0.142 e.